The molecule has 0 aliphatic carbocycles. The standard InChI is InChI=1S/C16H13N3O2S/c1-11-4-2-5-12(8-11)10-21-16(20)15-14(18-19-22-15)13-6-3-7-17-9-13/h2-9H,10H2,1H3. The van der Waals surface area contributed by atoms with Crippen LogP contribution in [-0.2, 0) is 11.3 Å². The molecule has 0 spiro atoms. The van der Waals surface area contributed by atoms with Gasteiger partial charge in [0.2, 0.25) is 0 Å². The number of rotatable bonds is 4. The number of carbonyl (C=O) groups excluding carboxylic acids is 1. The SMILES string of the molecule is Cc1cccc(COC(=O)c2snnc2-c2cccnc2)c1. The van der Waals surface area contributed by atoms with Gasteiger partial charge in [-0.2, -0.15) is 0 Å². The van der Waals surface area contributed by atoms with Crippen molar-refractivity contribution in [2.24, 2.45) is 0 Å². The molecule has 2 heterocycles. The average Bonchev–Trinajstić information content (AvgIpc) is 3.03. The molecule has 0 N–H and O–H groups in total. The van der Waals surface area contributed by atoms with Gasteiger partial charge in [-0.1, -0.05) is 34.3 Å². The number of carbonyl (C=O) groups is 1. The summed E-state index contributed by atoms with van der Waals surface area (Å²) in [5, 5.41) is 4.00. The van der Waals surface area contributed by atoms with Crippen LogP contribution in [0.15, 0.2) is 48.8 Å². The predicted molar refractivity (Wildman–Crippen MR) is 83.4 cm³/mol. The lowest BCUT2D eigenvalue weighted by Gasteiger charge is -2.05. The van der Waals surface area contributed by atoms with Gasteiger partial charge in [0.05, 0.1) is 0 Å². The largest absolute Gasteiger partial charge is 0.457 e. The third-order valence-corrected chi connectivity index (χ3v) is 3.77. The van der Waals surface area contributed by atoms with Crippen molar-refractivity contribution in [3.05, 3.63) is 64.8 Å². The molecule has 0 aliphatic rings. The third kappa shape index (κ3) is 3.17. The van der Waals surface area contributed by atoms with Gasteiger partial charge < -0.3 is 4.74 Å². The Balaban J connectivity index is 1.75. The molecule has 0 aliphatic heterocycles. The van der Waals surface area contributed by atoms with Gasteiger partial charge in [-0.25, -0.2) is 4.79 Å². The predicted octanol–water partition coefficient (Wildman–Crippen LogP) is 3.27. The van der Waals surface area contributed by atoms with Crippen LogP contribution in [-0.4, -0.2) is 20.5 Å². The number of aryl methyl sites for hydroxylation is 1. The van der Waals surface area contributed by atoms with Crippen molar-refractivity contribution >= 4 is 17.5 Å². The quantitative estimate of drug-likeness (QED) is 0.692. The molecule has 1 aromatic carbocycles. The Morgan fingerprint density at radius 3 is 2.95 bits per heavy atom. The molecule has 0 amide bonds. The van der Waals surface area contributed by atoms with Crippen LogP contribution in [0.2, 0.25) is 0 Å². The lowest BCUT2D eigenvalue weighted by molar-refractivity contribution is 0.0479. The van der Waals surface area contributed by atoms with Crippen LogP contribution in [0.5, 0.6) is 0 Å². The van der Waals surface area contributed by atoms with Crippen LogP contribution >= 0.6 is 11.5 Å². The second-order valence-electron chi connectivity index (χ2n) is 4.76. The van der Waals surface area contributed by atoms with E-state index < -0.39 is 5.97 Å². The van der Waals surface area contributed by atoms with Crippen molar-refractivity contribution in [3.8, 4) is 11.3 Å². The zero-order chi connectivity index (χ0) is 15.4. The summed E-state index contributed by atoms with van der Waals surface area (Å²) in [5.41, 5.74) is 3.34. The van der Waals surface area contributed by atoms with Gasteiger partial charge in [0.15, 0.2) is 4.88 Å². The zero-order valence-electron chi connectivity index (χ0n) is 11.9. The molecule has 0 unspecified atom stereocenters. The van der Waals surface area contributed by atoms with E-state index in [9.17, 15) is 4.79 Å². The number of ether oxygens (including phenoxy) is 1. The summed E-state index contributed by atoms with van der Waals surface area (Å²) in [6, 6.07) is 11.5. The van der Waals surface area contributed by atoms with Gasteiger partial charge >= 0.3 is 5.97 Å². The van der Waals surface area contributed by atoms with Crippen LogP contribution in [0.3, 0.4) is 0 Å². The maximum absolute atomic E-state index is 12.2. The lowest BCUT2D eigenvalue weighted by atomic mass is 10.1. The van der Waals surface area contributed by atoms with E-state index in [0.29, 0.717) is 10.6 Å². The molecule has 6 heteroatoms. The Labute approximate surface area is 131 Å². The van der Waals surface area contributed by atoms with Gasteiger partial charge in [0.1, 0.15) is 12.3 Å². The lowest BCUT2D eigenvalue weighted by Crippen LogP contribution is -2.05. The first-order valence-corrected chi connectivity index (χ1v) is 7.47. The van der Waals surface area contributed by atoms with Gasteiger partial charge in [0, 0.05) is 18.0 Å². The van der Waals surface area contributed by atoms with Crippen LogP contribution in [0.4, 0.5) is 0 Å². The number of esters is 1. The highest BCUT2D eigenvalue weighted by molar-refractivity contribution is 7.08. The molecule has 0 fully saturated rings. The minimum atomic E-state index is -0.421. The van der Waals surface area contributed by atoms with Crippen molar-refractivity contribution in [2.45, 2.75) is 13.5 Å². The van der Waals surface area contributed by atoms with Crippen LogP contribution in [0.25, 0.3) is 11.3 Å². The summed E-state index contributed by atoms with van der Waals surface area (Å²) in [5.74, 6) is -0.421. The van der Waals surface area contributed by atoms with Crippen molar-refractivity contribution in [1.82, 2.24) is 14.6 Å². The maximum atomic E-state index is 12.2. The summed E-state index contributed by atoms with van der Waals surface area (Å²) in [6.45, 7) is 2.23. The van der Waals surface area contributed by atoms with Gasteiger partial charge in [0.25, 0.3) is 0 Å². The van der Waals surface area contributed by atoms with Crippen LogP contribution in [0, 0.1) is 6.92 Å². The molecule has 2 aromatic heterocycles. The number of nitrogens with zero attached hydrogens (tertiary/aromatic N) is 3. The van der Waals surface area contributed by atoms with E-state index in [2.05, 4.69) is 14.6 Å². The fourth-order valence-corrected chi connectivity index (χ4v) is 2.62. The smallest absolute Gasteiger partial charge is 0.352 e. The van der Waals surface area contributed by atoms with E-state index in [0.717, 1.165) is 28.2 Å². The van der Waals surface area contributed by atoms with Crippen LogP contribution < -0.4 is 0 Å². The molecule has 0 bridgehead atoms. The minimum Gasteiger partial charge on any atom is -0.457 e. The third-order valence-electron chi connectivity index (χ3n) is 3.06. The van der Waals surface area contributed by atoms with E-state index in [-0.39, 0.29) is 6.61 Å². The number of aromatic nitrogens is 3. The first-order chi connectivity index (χ1) is 10.7. The van der Waals surface area contributed by atoms with E-state index in [1.807, 2.05) is 37.3 Å². The van der Waals surface area contributed by atoms with Crippen molar-refractivity contribution in [1.29, 1.82) is 0 Å². The molecule has 0 radical (unpaired) electrons. The Morgan fingerprint density at radius 1 is 1.27 bits per heavy atom. The number of hydrogen-bond acceptors (Lipinski definition) is 6. The summed E-state index contributed by atoms with van der Waals surface area (Å²) in [4.78, 5) is 16.7. The number of pyridine rings is 1. The van der Waals surface area contributed by atoms with Crippen molar-refractivity contribution in [2.75, 3.05) is 0 Å². The fraction of sp³-hybridized carbons (Fsp3) is 0.125. The first kappa shape index (κ1) is 14.3. The van der Waals surface area contributed by atoms with Gasteiger partial charge in [-0.3, -0.25) is 4.98 Å². The van der Waals surface area contributed by atoms with E-state index in [1.165, 1.54) is 0 Å². The van der Waals surface area contributed by atoms with E-state index in [1.54, 1.807) is 18.5 Å². The first-order valence-electron chi connectivity index (χ1n) is 6.69. The molecule has 3 rings (SSSR count). The number of hydrogen-bond donors (Lipinski definition) is 0. The summed E-state index contributed by atoms with van der Waals surface area (Å²) in [6.07, 6.45) is 3.31. The molecule has 22 heavy (non-hydrogen) atoms. The van der Waals surface area contributed by atoms with Crippen LogP contribution in [0.1, 0.15) is 20.8 Å². The second-order valence-corrected chi connectivity index (χ2v) is 5.51. The van der Waals surface area contributed by atoms with E-state index in [4.69, 9.17) is 4.74 Å². The molecular weight excluding hydrogens is 298 g/mol. The maximum Gasteiger partial charge on any atom is 0.352 e. The topological polar surface area (TPSA) is 65.0 Å². The average molecular weight is 311 g/mol. The Hall–Kier alpha value is -2.60. The second kappa shape index (κ2) is 6.44. The van der Waals surface area contributed by atoms with Crippen molar-refractivity contribution in [3.63, 3.8) is 0 Å². The Morgan fingerprint density at radius 2 is 2.18 bits per heavy atom. The highest BCUT2D eigenvalue weighted by Crippen LogP contribution is 2.24. The van der Waals surface area contributed by atoms with Gasteiger partial charge in [-0.15, -0.1) is 5.10 Å². The molecule has 5 nitrogen and oxygen atoms in total. The summed E-state index contributed by atoms with van der Waals surface area (Å²) in [7, 11) is 0. The molecular formula is C16H13N3O2S. The summed E-state index contributed by atoms with van der Waals surface area (Å²) >= 11 is 1.03. The Bertz CT molecular complexity index is 787. The molecule has 0 saturated heterocycles. The van der Waals surface area contributed by atoms with Crippen molar-refractivity contribution < 1.29 is 9.53 Å². The Kier molecular flexibility index (Phi) is 4.20. The highest BCUT2D eigenvalue weighted by Gasteiger charge is 2.19. The molecule has 0 saturated carbocycles. The minimum absolute atomic E-state index is 0.227. The number of benzene rings is 1. The van der Waals surface area contributed by atoms with E-state index >= 15 is 0 Å². The zero-order valence-corrected chi connectivity index (χ0v) is 12.7. The summed E-state index contributed by atoms with van der Waals surface area (Å²) < 4.78 is 9.21. The molecule has 110 valence electrons. The normalized spacial score (nSPS) is 10.4. The van der Waals surface area contributed by atoms with Gasteiger partial charge in [-0.05, 0) is 36.2 Å². The monoisotopic (exact) mass is 311 g/mol. The highest BCUT2D eigenvalue weighted by atomic mass is 32.1. The fourth-order valence-electron chi connectivity index (χ4n) is 2.03. The molecule has 0 atom stereocenters. The molecule has 3 aromatic rings.